The lowest BCUT2D eigenvalue weighted by Crippen LogP contribution is -1.96. The van der Waals surface area contributed by atoms with Crippen LogP contribution in [0.1, 0.15) is 12.5 Å². The van der Waals surface area contributed by atoms with Crippen LogP contribution in [-0.4, -0.2) is 36.7 Å². The van der Waals surface area contributed by atoms with Gasteiger partial charge in [-0.3, -0.25) is 5.10 Å². The predicted molar refractivity (Wildman–Crippen MR) is 96.3 cm³/mol. The first-order valence-corrected chi connectivity index (χ1v) is 8.02. The summed E-state index contributed by atoms with van der Waals surface area (Å²) in [6.45, 7) is 2.13. The topological polar surface area (TPSA) is 69.3 Å². The van der Waals surface area contributed by atoms with E-state index in [1.807, 2.05) is 6.07 Å². The van der Waals surface area contributed by atoms with Gasteiger partial charge in [-0.15, -0.1) is 5.10 Å². The Kier molecular flexibility index (Phi) is 4.88. The summed E-state index contributed by atoms with van der Waals surface area (Å²) in [5.41, 5.74) is 4.52. The van der Waals surface area contributed by atoms with Crippen molar-refractivity contribution >= 4 is 0 Å². The number of nitrogens with one attached hydrogen (secondary N) is 1. The summed E-state index contributed by atoms with van der Waals surface area (Å²) in [4.78, 5) is 0. The predicted octanol–water partition coefficient (Wildman–Crippen LogP) is 3.73. The average Bonchev–Trinajstić information content (AvgIpc) is 3.16. The number of hydrogen-bond donors (Lipinski definition) is 1. The zero-order chi connectivity index (χ0) is 17.8. The number of aromatic amines is 1. The highest BCUT2D eigenvalue weighted by molar-refractivity contribution is 5.83. The lowest BCUT2D eigenvalue weighted by Gasteiger charge is -2.14. The van der Waals surface area contributed by atoms with E-state index in [0.29, 0.717) is 22.9 Å². The van der Waals surface area contributed by atoms with Crippen LogP contribution < -0.4 is 14.2 Å². The fourth-order valence-electron chi connectivity index (χ4n) is 2.76. The van der Waals surface area contributed by atoms with E-state index in [4.69, 9.17) is 14.2 Å². The number of benzene rings is 2. The molecule has 0 fully saturated rings. The van der Waals surface area contributed by atoms with Gasteiger partial charge in [0.2, 0.25) is 0 Å². The van der Waals surface area contributed by atoms with Crippen molar-refractivity contribution in [3.05, 3.63) is 42.0 Å². The first-order valence-electron chi connectivity index (χ1n) is 8.02. The maximum atomic E-state index is 5.56. The van der Waals surface area contributed by atoms with Crippen LogP contribution in [0.2, 0.25) is 0 Å². The quantitative estimate of drug-likeness (QED) is 0.741. The molecular formula is C19H21N3O3. The Balaban J connectivity index is 2.16. The molecule has 1 heterocycles. The Hall–Kier alpha value is -3.02. The smallest absolute Gasteiger partial charge is 0.170 e. The summed E-state index contributed by atoms with van der Waals surface area (Å²) in [5, 5.41) is 11.2. The highest BCUT2D eigenvalue weighted by Gasteiger charge is 2.20. The third-order valence-corrected chi connectivity index (χ3v) is 4.14. The number of hydrogen-bond acceptors (Lipinski definition) is 5. The number of nitrogens with zero attached hydrogens (tertiary/aromatic N) is 2. The van der Waals surface area contributed by atoms with Gasteiger partial charge in [0.25, 0.3) is 0 Å². The van der Waals surface area contributed by atoms with E-state index in [-0.39, 0.29) is 0 Å². The fourth-order valence-corrected chi connectivity index (χ4v) is 2.76. The average molecular weight is 339 g/mol. The van der Waals surface area contributed by atoms with Crippen LogP contribution in [-0.2, 0) is 6.42 Å². The first-order chi connectivity index (χ1) is 12.2. The van der Waals surface area contributed by atoms with E-state index >= 15 is 0 Å². The highest BCUT2D eigenvalue weighted by Crippen LogP contribution is 2.43. The minimum absolute atomic E-state index is 0.576. The molecule has 6 heteroatoms. The molecule has 0 aliphatic carbocycles. The van der Waals surface area contributed by atoms with Crippen LogP contribution >= 0.6 is 0 Å². The summed E-state index contributed by atoms with van der Waals surface area (Å²) in [5.74, 6) is 1.82. The van der Waals surface area contributed by atoms with Crippen LogP contribution in [0.15, 0.2) is 36.4 Å². The van der Waals surface area contributed by atoms with E-state index in [2.05, 4.69) is 46.6 Å². The van der Waals surface area contributed by atoms with Crippen molar-refractivity contribution in [3.63, 3.8) is 0 Å². The Morgan fingerprint density at radius 3 is 2.32 bits per heavy atom. The van der Waals surface area contributed by atoms with Gasteiger partial charge in [0.1, 0.15) is 11.4 Å². The Morgan fingerprint density at radius 1 is 0.960 bits per heavy atom. The maximum Gasteiger partial charge on any atom is 0.170 e. The summed E-state index contributed by atoms with van der Waals surface area (Å²) in [7, 11) is 4.80. The van der Waals surface area contributed by atoms with Gasteiger partial charge in [0.05, 0.1) is 32.6 Å². The molecule has 0 saturated heterocycles. The van der Waals surface area contributed by atoms with Gasteiger partial charge in [0, 0.05) is 11.6 Å². The van der Waals surface area contributed by atoms with Crippen molar-refractivity contribution in [1.82, 2.24) is 15.4 Å². The van der Waals surface area contributed by atoms with Crippen LogP contribution in [0.4, 0.5) is 0 Å². The van der Waals surface area contributed by atoms with Crippen molar-refractivity contribution in [1.29, 1.82) is 0 Å². The molecule has 0 spiro atoms. The molecule has 0 radical (unpaired) electrons. The molecule has 0 unspecified atom stereocenters. The van der Waals surface area contributed by atoms with Crippen LogP contribution in [0.3, 0.4) is 0 Å². The molecule has 0 amide bonds. The lowest BCUT2D eigenvalue weighted by molar-refractivity contribution is 0.350. The minimum atomic E-state index is 0.576. The Labute approximate surface area is 146 Å². The second kappa shape index (κ2) is 7.25. The van der Waals surface area contributed by atoms with Gasteiger partial charge in [-0.05, 0) is 18.1 Å². The Bertz CT molecular complexity index is 857. The molecule has 0 saturated carbocycles. The van der Waals surface area contributed by atoms with E-state index in [0.717, 1.165) is 23.2 Å². The number of aryl methyl sites for hydroxylation is 1. The fraction of sp³-hybridized carbons (Fsp3) is 0.263. The second-order valence-corrected chi connectivity index (χ2v) is 5.50. The van der Waals surface area contributed by atoms with E-state index < -0.39 is 0 Å². The molecule has 3 rings (SSSR count). The number of H-pyrrole nitrogens is 1. The van der Waals surface area contributed by atoms with Gasteiger partial charge in [-0.1, -0.05) is 36.4 Å². The first kappa shape index (κ1) is 16.8. The zero-order valence-corrected chi connectivity index (χ0v) is 14.8. The van der Waals surface area contributed by atoms with E-state index in [1.54, 1.807) is 27.4 Å². The maximum absolute atomic E-state index is 5.56. The monoisotopic (exact) mass is 339 g/mol. The number of aromatic nitrogens is 3. The third-order valence-electron chi connectivity index (χ3n) is 4.14. The number of methoxy groups -OCH3 is 3. The summed E-state index contributed by atoms with van der Waals surface area (Å²) in [6, 6.07) is 12.0. The molecule has 25 heavy (non-hydrogen) atoms. The standard InChI is InChI=1S/C19H21N3O3/c1-5-12-6-8-13(9-7-12)17-18(21-22-20-17)15-10-14(23-2)11-16(24-3)19(15)25-4/h6-11H,5H2,1-4H3,(H,20,21,22). The molecular weight excluding hydrogens is 318 g/mol. The second-order valence-electron chi connectivity index (χ2n) is 5.50. The molecule has 0 aliphatic heterocycles. The van der Waals surface area contributed by atoms with Crippen molar-refractivity contribution in [2.75, 3.05) is 21.3 Å². The minimum Gasteiger partial charge on any atom is -0.497 e. The van der Waals surface area contributed by atoms with Crippen molar-refractivity contribution in [3.8, 4) is 39.8 Å². The lowest BCUT2D eigenvalue weighted by atomic mass is 10.0. The molecule has 6 nitrogen and oxygen atoms in total. The zero-order valence-electron chi connectivity index (χ0n) is 14.8. The van der Waals surface area contributed by atoms with Crippen molar-refractivity contribution < 1.29 is 14.2 Å². The summed E-state index contributed by atoms with van der Waals surface area (Å²) in [6.07, 6.45) is 0.995. The largest absolute Gasteiger partial charge is 0.497 e. The summed E-state index contributed by atoms with van der Waals surface area (Å²) >= 11 is 0. The molecule has 1 aromatic heterocycles. The van der Waals surface area contributed by atoms with Gasteiger partial charge < -0.3 is 14.2 Å². The van der Waals surface area contributed by atoms with Gasteiger partial charge >= 0.3 is 0 Å². The number of ether oxygens (including phenoxy) is 3. The van der Waals surface area contributed by atoms with Gasteiger partial charge in [-0.2, -0.15) is 0 Å². The van der Waals surface area contributed by atoms with Crippen LogP contribution in [0.5, 0.6) is 17.2 Å². The molecule has 130 valence electrons. The SMILES string of the molecule is CCc1ccc(-c2[nH]nnc2-c2cc(OC)cc(OC)c2OC)cc1. The normalized spacial score (nSPS) is 10.6. The van der Waals surface area contributed by atoms with Crippen molar-refractivity contribution in [2.24, 2.45) is 0 Å². The molecule has 0 bridgehead atoms. The number of rotatable bonds is 6. The third kappa shape index (κ3) is 3.15. The molecule has 3 aromatic rings. The van der Waals surface area contributed by atoms with Crippen LogP contribution in [0.25, 0.3) is 22.5 Å². The summed E-state index contributed by atoms with van der Waals surface area (Å²) < 4.78 is 16.4. The van der Waals surface area contributed by atoms with E-state index in [9.17, 15) is 0 Å². The van der Waals surface area contributed by atoms with Crippen LogP contribution in [0, 0.1) is 0 Å². The van der Waals surface area contributed by atoms with Crippen molar-refractivity contribution in [2.45, 2.75) is 13.3 Å². The van der Waals surface area contributed by atoms with E-state index in [1.165, 1.54) is 5.56 Å². The molecule has 1 N–H and O–H groups in total. The molecule has 0 atom stereocenters. The molecule has 2 aromatic carbocycles. The molecule has 0 aliphatic rings. The highest BCUT2D eigenvalue weighted by atomic mass is 16.5. The Morgan fingerprint density at radius 2 is 1.72 bits per heavy atom. The van der Waals surface area contributed by atoms with Gasteiger partial charge in [-0.25, -0.2) is 0 Å². The van der Waals surface area contributed by atoms with Gasteiger partial charge in [0.15, 0.2) is 11.5 Å².